The van der Waals surface area contributed by atoms with Crippen molar-refractivity contribution in [1.82, 2.24) is 0 Å². The van der Waals surface area contributed by atoms with Gasteiger partial charge in [0, 0.05) is 12.0 Å². The van der Waals surface area contributed by atoms with E-state index in [2.05, 4.69) is 0 Å². The first kappa shape index (κ1) is 14.1. The number of aromatic hydroxyl groups is 1. The monoisotopic (exact) mass is 250 g/mol. The lowest BCUT2D eigenvalue weighted by molar-refractivity contribution is -0.137. The maximum atomic E-state index is 10.3. The summed E-state index contributed by atoms with van der Waals surface area (Å²) >= 11 is 0. The van der Waals surface area contributed by atoms with Gasteiger partial charge < -0.3 is 14.9 Å². The zero-order valence-corrected chi connectivity index (χ0v) is 10.4. The number of carboxylic acid groups (broad SMARTS) is 1. The number of benzene rings is 1. The Kier molecular flexibility index (Phi) is 5.77. The summed E-state index contributed by atoms with van der Waals surface area (Å²) in [4.78, 5) is 10.3. The van der Waals surface area contributed by atoms with E-state index in [0.29, 0.717) is 17.7 Å². The summed E-state index contributed by atoms with van der Waals surface area (Å²) in [5.74, 6) is 0.139. The summed E-state index contributed by atoms with van der Waals surface area (Å²) < 4.78 is 5.07. The van der Waals surface area contributed by atoms with E-state index < -0.39 is 5.97 Å². The van der Waals surface area contributed by atoms with Gasteiger partial charge in [0.15, 0.2) is 0 Å². The van der Waals surface area contributed by atoms with Gasteiger partial charge >= 0.3 is 5.97 Å². The fourth-order valence-electron chi connectivity index (χ4n) is 1.54. The highest BCUT2D eigenvalue weighted by atomic mass is 16.5. The fraction of sp³-hybridized carbons (Fsp3) is 0.357. The molecule has 0 radical (unpaired) electrons. The standard InChI is InChI=1S/C14H18O4/c1-18-12-8-9-13(15)11(10-12)6-4-2-3-5-7-14(16)17/h4,6,8-10,15H,2-3,5,7H2,1H3,(H,16,17)/b6-4+. The summed E-state index contributed by atoms with van der Waals surface area (Å²) in [6.07, 6.45) is 6.24. The molecule has 18 heavy (non-hydrogen) atoms. The third-order valence-electron chi connectivity index (χ3n) is 2.54. The van der Waals surface area contributed by atoms with Gasteiger partial charge in [0.1, 0.15) is 11.5 Å². The largest absolute Gasteiger partial charge is 0.507 e. The van der Waals surface area contributed by atoms with Crippen LogP contribution in [0.15, 0.2) is 24.3 Å². The molecule has 0 heterocycles. The minimum atomic E-state index is -0.760. The van der Waals surface area contributed by atoms with Gasteiger partial charge in [0.25, 0.3) is 0 Å². The minimum absolute atomic E-state index is 0.206. The van der Waals surface area contributed by atoms with E-state index >= 15 is 0 Å². The average Bonchev–Trinajstić information content (AvgIpc) is 2.35. The molecule has 0 atom stereocenters. The molecule has 0 aliphatic carbocycles. The fourth-order valence-corrected chi connectivity index (χ4v) is 1.54. The van der Waals surface area contributed by atoms with E-state index in [9.17, 15) is 9.90 Å². The van der Waals surface area contributed by atoms with Gasteiger partial charge in [-0.3, -0.25) is 4.79 Å². The number of carbonyl (C=O) groups is 1. The third kappa shape index (κ3) is 4.91. The molecule has 0 unspecified atom stereocenters. The molecule has 4 heteroatoms. The van der Waals surface area contributed by atoms with Gasteiger partial charge in [-0.25, -0.2) is 0 Å². The van der Waals surface area contributed by atoms with Crippen molar-refractivity contribution in [3.63, 3.8) is 0 Å². The highest BCUT2D eigenvalue weighted by Crippen LogP contribution is 2.24. The molecule has 1 aromatic rings. The zero-order chi connectivity index (χ0) is 13.4. The first-order chi connectivity index (χ1) is 8.63. The Balaban J connectivity index is 2.43. The van der Waals surface area contributed by atoms with E-state index in [-0.39, 0.29) is 12.2 Å². The molecule has 0 amide bonds. The van der Waals surface area contributed by atoms with E-state index in [1.807, 2.05) is 12.2 Å². The molecular formula is C14H18O4. The Labute approximate surface area is 107 Å². The number of unbranched alkanes of at least 4 members (excludes halogenated alkanes) is 2. The van der Waals surface area contributed by atoms with E-state index in [4.69, 9.17) is 9.84 Å². The molecule has 1 rings (SSSR count). The Morgan fingerprint density at radius 3 is 2.83 bits per heavy atom. The molecule has 0 saturated carbocycles. The summed E-state index contributed by atoms with van der Waals surface area (Å²) in [5.41, 5.74) is 0.701. The number of allylic oxidation sites excluding steroid dienone is 1. The number of phenols is 1. The van der Waals surface area contributed by atoms with Gasteiger partial charge in [0.2, 0.25) is 0 Å². The Morgan fingerprint density at radius 1 is 1.39 bits per heavy atom. The van der Waals surface area contributed by atoms with Crippen LogP contribution in [-0.4, -0.2) is 23.3 Å². The van der Waals surface area contributed by atoms with Gasteiger partial charge in [-0.15, -0.1) is 0 Å². The predicted octanol–water partition coefficient (Wildman–Crippen LogP) is 3.06. The number of carboxylic acids is 1. The molecule has 1 aromatic carbocycles. The number of rotatable bonds is 7. The van der Waals surface area contributed by atoms with Gasteiger partial charge in [-0.2, -0.15) is 0 Å². The van der Waals surface area contributed by atoms with Crippen molar-refractivity contribution >= 4 is 12.0 Å². The van der Waals surface area contributed by atoms with Crippen molar-refractivity contribution in [2.45, 2.75) is 25.7 Å². The number of methoxy groups -OCH3 is 1. The van der Waals surface area contributed by atoms with Crippen LogP contribution >= 0.6 is 0 Å². The SMILES string of the molecule is COc1ccc(O)c(/C=C/CCCCC(=O)O)c1. The van der Waals surface area contributed by atoms with E-state index in [0.717, 1.165) is 12.8 Å². The van der Waals surface area contributed by atoms with Crippen molar-refractivity contribution in [3.8, 4) is 11.5 Å². The van der Waals surface area contributed by atoms with Crippen LogP contribution in [0.25, 0.3) is 6.08 Å². The first-order valence-electron chi connectivity index (χ1n) is 5.89. The quantitative estimate of drug-likeness (QED) is 0.730. The number of hydrogen-bond acceptors (Lipinski definition) is 3. The van der Waals surface area contributed by atoms with Gasteiger partial charge in [0.05, 0.1) is 7.11 Å². The van der Waals surface area contributed by atoms with Crippen LogP contribution in [-0.2, 0) is 4.79 Å². The number of aliphatic carboxylic acids is 1. The number of hydrogen-bond donors (Lipinski definition) is 2. The molecule has 0 aliphatic heterocycles. The molecular weight excluding hydrogens is 232 g/mol. The van der Waals surface area contributed by atoms with Gasteiger partial charge in [-0.05, 0) is 37.5 Å². The van der Waals surface area contributed by atoms with E-state index in [1.165, 1.54) is 0 Å². The lowest BCUT2D eigenvalue weighted by atomic mass is 10.1. The van der Waals surface area contributed by atoms with Crippen LogP contribution in [0.4, 0.5) is 0 Å². The lowest BCUT2D eigenvalue weighted by Gasteiger charge is -2.03. The Bertz CT molecular complexity index is 424. The van der Waals surface area contributed by atoms with Crippen LogP contribution in [0, 0.1) is 0 Å². The van der Waals surface area contributed by atoms with Crippen molar-refractivity contribution in [3.05, 3.63) is 29.8 Å². The predicted molar refractivity (Wildman–Crippen MR) is 69.8 cm³/mol. The molecule has 2 N–H and O–H groups in total. The van der Waals surface area contributed by atoms with Crippen LogP contribution in [0.1, 0.15) is 31.2 Å². The van der Waals surface area contributed by atoms with Crippen LogP contribution in [0.5, 0.6) is 11.5 Å². The summed E-state index contributed by atoms with van der Waals surface area (Å²) in [5, 5.41) is 18.1. The summed E-state index contributed by atoms with van der Waals surface area (Å²) in [6.45, 7) is 0. The molecule has 0 spiro atoms. The second kappa shape index (κ2) is 7.37. The average molecular weight is 250 g/mol. The second-order valence-corrected chi connectivity index (χ2v) is 3.97. The molecule has 0 fully saturated rings. The smallest absolute Gasteiger partial charge is 0.303 e. The lowest BCUT2D eigenvalue weighted by Crippen LogP contribution is -1.92. The van der Waals surface area contributed by atoms with Crippen LogP contribution in [0.2, 0.25) is 0 Å². The molecule has 4 nitrogen and oxygen atoms in total. The van der Waals surface area contributed by atoms with Crippen molar-refractivity contribution < 1.29 is 19.7 Å². The summed E-state index contributed by atoms with van der Waals surface area (Å²) in [7, 11) is 1.58. The highest BCUT2D eigenvalue weighted by Gasteiger charge is 1.99. The number of ether oxygens (including phenoxy) is 1. The highest BCUT2D eigenvalue weighted by molar-refractivity contribution is 5.66. The zero-order valence-electron chi connectivity index (χ0n) is 10.4. The van der Waals surface area contributed by atoms with Crippen molar-refractivity contribution in [2.24, 2.45) is 0 Å². The van der Waals surface area contributed by atoms with Crippen LogP contribution < -0.4 is 4.74 Å². The van der Waals surface area contributed by atoms with Crippen molar-refractivity contribution in [2.75, 3.05) is 7.11 Å². The van der Waals surface area contributed by atoms with Gasteiger partial charge in [-0.1, -0.05) is 12.2 Å². The molecule has 98 valence electrons. The minimum Gasteiger partial charge on any atom is -0.507 e. The Morgan fingerprint density at radius 2 is 2.17 bits per heavy atom. The topological polar surface area (TPSA) is 66.8 Å². The Hall–Kier alpha value is -1.97. The second-order valence-electron chi connectivity index (χ2n) is 3.97. The molecule has 0 aromatic heterocycles. The third-order valence-corrected chi connectivity index (χ3v) is 2.54. The van der Waals surface area contributed by atoms with Crippen LogP contribution in [0.3, 0.4) is 0 Å². The molecule has 0 bridgehead atoms. The number of phenolic OH excluding ortho intramolecular Hbond substituents is 1. The molecule has 0 aliphatic rings. The van der Waals surface area contributed by atoms with E-state index in [1.54, 1.807) is 25.3 Å². The normalized spacial score (nSPS) is 10.7. The summed E-state index contributed by atoms with van der Waals surface area (Å²) in [6, 6.07) is 5.03. The van der Waals surface area contributed by atoms with Crippen molar-refractivity contribution in [1.29, 1.82) is 0 Å². The first-order valence-corrected chi connectivity index (χ1v) is 5.89. The maximum Gasteiger partial charge on any atom is 0.303 e. The molecule has 0 saturated heterocycles. The maximum absolute atomic E-state index is 10.3.